The number of aliphatic hydroxyl groups excluding tert-OH is 1. The number of aliphatic hydroxyl groups is 1. The van der Waals surface area contributed by atoms with E-state index in [0.29, 0.717) is 0 Å². The highest BCUT2D eigenvalue weighted by atomic mass is 32.2. The van der Waals surface area contributed by atoms with Gasteiger partial charge in [-0.15, -0.1) is 0 Å². The topological polar surface area (TPSA) is 194 Å². The van der Waals surface area contributed by atoms with Crippen molar-refractivity contribution in [3.63, 3.8) is 0 Å². The molecular weight excluding hydrogens is 568 g/mol. The second kappa shape index (κ2) is 13.2. The molecule has 0 radical (unpaired) electrons. The van der Waals surface area contributed by atoms with E-state index in [0.717, 1.165) is 19.3 Å². The Kier molecular flexibility index (Phi) is 10.6. The number of amides is 5. The molecule has 0 aromatic heterocycles. The van der Waals surface area contributed by atoms with Gasteiger partial charge < -0.3 is 31.3 Å². The molecule has 3 fully saturated rings. The first-order valence-electron chi connectivity index (χ1n) is 14.6. The lowest BCUT2D eigenvalue weighted by atomic mass is 9.87. The van der Waals surface area contributed by atoms with Gasteiger partial charge in [-0.1, -0.05) is 27.7 Å². The number of ketones is 1. The minimum absolute atomic E-state index is 0.00143. The Balaban J connectivity index is 1.65. The summed E-state index contributed by atoms with van der Waals surface area (Å²) >= 11 is 0. The van der Waals surface area contributed by atoms with Gasteiger partial charge in [0.05, 0.1) is 18.4 Å². The van der Waals surface area contributed by atoms with Crippen molar-refractivity contribution in [3.8, 4) is 0 Å². The summed E-state index contributed by atoms with van der Waals surface area (Å²) < 4.78 is 25.7. The van der Waals surface area contributed by atoms with Crippen molar-refractivity contribution < 1.29 is 37.5 Å². The molecule has 15 heteroatoms. The van der Waals surface area contributed by atoms with Crippen molar-refractivity contribution >= 4 is 39.6 Å². The molecule has 5 N–H and O–H groups in total. The predicted molar refractivity (Wildman–Crippen MR) is 153 cm³/mol. The normalized spacial score (nSPS) is 23.8. The predicted octanol–water partition coefficient (Wildman–Crippen LogP) is -1.07. The SMILES string of the molecule is CC[C@H](NC(=O)[C@@H]1[C@H]2C[C@H]2CN1C(=O)[C@H](CO)NC(=O)N[C@H](CN(C)S(=O)(=O)CC)C(C)(C)C)C(=O)C(=O)NC1CC1. The lowest BCUT2D eigenvalue weighted by Gasteiger charge is -2.35. The third-order valence-corrected chi connectivity index (χ3v) is 10.1. The molecule has 6 atom stereocenters. The lowest BCUT2D eigenvalue weighted by molar-refractivity contribution is -0.144. The molecule has 1 saturated heterocycles. The summed E-state index contributed by atoms with van der Waals surface area (Å²) in [7, 11) is -2.07. The monoisotopic (exact) mass is 614 g/mol. The summed E-state index contributed by atoms with van der Waals surface area (Å²) in [6.45, 7) is 8.24. The average molecular weight is 615 g/mol. The highest BCUT2D eigenvalue weighted by Gasteiger charge is 2.57. The molecule has 42 heavy (non-hydrogen) atoms. The zero-order chi connectivity index (χ0) is 31.6. The van der Waals surface area contributed by atoms with E-state index >= 15 is 0 Å². The Hall–Kier alpha value is -2.78. The quantitative estimate of drug-likeness (QED) is 0.153. The van der Waals surface area contributed by atoms with Gasteiger partial charge in [-0.25, -0.2) is 17.5 Å². The third-order valence-electron chi connectivity index (χ3n) is 8.30. The maximum Gasteiger partial charge on any atom is 0.315 e. The van der Waals surface area contributed by atoms with E-state index in [1.807, 2.05) is 20.8 Å². The van der Waals surface area contributed by atoms with Crippen LogP contribution < -0.4 is 21.3 Å². The van der Waals surface area contributed by atoms with E-state index < -0.39 is 75.7 Å². The lowest BCUT2D eigenvalue weighted by Crippen LogP contribution is -2.60. The Morgan fingerprint density at radius 1 is 1.02 bits per heavy atom. The van der Waals surface area contributed by atoms with Crippen LogP contribution in [0.2, 0.25) is 0 Å². The molecule has 0 aromatic rings. The second-order valence-corrected chi connectivity index (χ2v) is 15.0. The largest absolute Gasteiger partial charge is 0.394 e. The number of rotatable bonds is 14. The highest BCUT2D eigenvalue weighted by molar-refractivity contribution is 7.89. The van der Waals surface area contributed by atoms with Crippen molar-refractivity contribution in [1.29, 1.82) is 0 Å². The van der Waals surface area contributed by atoms with Gasteiger partial charge in [0.1, 0.15) is 12.1 Å². The number of likely N-dealkylation sites (N-methyl/N-ethyl adjacent to an activating group) is 1. The Labute approximate surface area is 247 Å². The van der Waals surface area contributed by atoms with Crippen LogP contribution in [0.3, 0.4) is 0 Å². The maximum atomic E-state index is 13.5. The van der Waals surface area contributed by atoms with Gasteiger partial charge >= 0.3 is 6.03 Å². The third kappa shape index (κ3) is 8.19. The first-order chi connectivity index (χ1) is 19.5. The number of sulfonamides is 1. The molecular formula is C27H46N6O8S. The van der Waals surface area contributed by atoms with E-state index in [9.17, 15) is 37.5 Å². The van der Waals surface area contributed by atoms with Crippen molar-refractivity contribution in [2.45, 2.75) is 90.5 Å². The van der Waals surface area contributed by atoms with Crippen LogP contribution in [0.4, 0.5) is 4.79 Å². The number of hydrogen-bond donors (Lipinski definition) is 5. The van der Waals surface area contributed by atoms with E-state index in [1.54, 1.807) is 6.92 Å². The van der Waals surface area contributed by atoms with Crippen LogP contribution in [-0.4, -0.2) is 115 Å². The molecule has 1 aliphatic heterocycles. The fourth-order valence-electron chi connectivity index (χ4n) is 5.15. The molecule has 2 aliphatic carbocycles. The van der Waals surface area contributed by atoms with Gasteiger partial charge in [0.2, 0.25) is 27.6 Å². The molecule has 238 valence electrons. The number of carbonyl (C=O) groups excluding carboxylic acids is 5. The van der Waals surface area contributed by atoms with Crippen LogP contribution in [0.5, 0.6) is 0 Å². The Morgan fingerprint density at radius 2 is 1.67 bits per heavy atom. The number of nitrogens with one attached hydrogen (secondary N) is 4. The first kappa shape index (κ1) is 33.7. The fraction of sp³-hybridized carbons (Fsp3) is 0.815. The van der Waals surface area contributed by atoms with Crippen molar-refractivity contribution in [2.24, 2.45) is 17.3 Å². The van der Waals surface area contributed by atoms with Crippen LogP contribution >= 0.6 is 0 Å². The van der Waals surface area contributed by atoms with Gasteiger partial charge in [0, 0.05) is 32.2 Å². The van der Waals surface area contributed by atoms with Crippen molar-refractivity contribution in [3.05, 3.63) is 0 Å². The molecule has 1 heterocycles. The molecule has 2 saturated carbocycles. The molecule has 0 spiro atoms. The molecule has 3 rings (SSSR count). The molecule has 3 aliphatic rings. The van der Waals surface area contributed by atoms with Crippen LogP contribution in [0.15, 0.2) is 0 Å². The van der Waals surface area contributed by atoms with E-state index in [1.165, 1.54) is 23.2 Å². The zero-order valence-corrected chi connectivity index (χ0v) is 26.1. The minimum atomic E-state index is -3.50. The number of carbonyl (C=O) groups is 5. The first-order valence-corrected chi connectivity index (χ1v) is 16.2. The summed E-state index contributed by atoms with van der Waals surface area (Å²) in [5, 5.41) is 20.5. The summed E-state index contributed by atoms with van der Waals surface area (Å²) in [6.07, 6.45) is 2.56. The molecule has 0 bridgehead atoms. The van der Waals surface area contributed by atoms with Crippen LogP contribution in [-0.2, 0) is 29.2 Å². The van der Waals surface area contributed by atoms with Gasteiger partial charge in [0.15, 0.2) is 0 Å². The van der Waals surface area contributed by atoms with Crippen LogP contribution in [0.1, 0.15) is 60.3 Å². The number of likely N-dealkylation sites (tertiary alicyclic amines) is 1. The van der Waals surface area contributed by atoms with Crippen LogP contribution in [0.25, 0.3) is 0 Å². The summed E-state index contributed by atoms with van der Waals surface area (Å²) in [5.41, 5.74) is -0.546. The standard InChI is InChI=1S/C27H46N6O8S/c1-7-18(22(35)24(37)28-16-9-10-16)29-23(36)21-17-11-15(17)12-33(21)25(38)19(14-34)30-26(39)31-20(27(3,4)5)13-32(6)42(40,41)8-2/h15-21,34H,7-14H2,1-6H3,(H,28,37)(H,29,36)(H2,30,31,39)/t15-,17-,18-,19-,20+,21-/m0/s1. The number of urea groups is 1. The van der Waals surface area contributed by atoms with Gasteiger partial charge in [-0.3, -0.25) is 19.2 Å². The maximum absolute atomic E-state index is 13.5. The van der Waals surface area contributed by atoms with Crippen molar-refractivity contribution in [2.75, 3.05) is 32.5 Å². The molecule has 14 nitrogen and oxygen atoms in total. The molecule has 5 amide bonds. The van der Waals surface area contributed by atoms with E-state index in [2.05, 4.69) is 21.3 Å². The minimum Gasteiger partial charge on any atom is -0.394 e. The Morgan fingerprint density at radius 3 is 2.19 bits per heavy atom. The summed E-state index contributed by atoms with van der Waals surface area (Å²) in [6, 6.07) is -4.69. The Bertz CT molecular complexity index is 1170. The average Bonchev–Trinajstić information content (AvgIpc) is 3.86. The highest BCUT2D eigenvalue weighted by Crippen LogP contribution is 2.49. The van der Waals surface area contributed by atoms with Gasteiger partial charge in [-0.05, 0) is 49.9 Å². The summed E-state index contributed by atoms with van der Waals surface area (Å²) in [5.74, 6) is -2.80. The molecule has 0 unspecified atom stereocenters. The fourth-order valence-corrected chi connectivity index (χ4v) is 5.97. The number of nitrogens with zero attached hydrogens (tertiary/aromatic N) is 2. The van der Waals surface area contributed by atoms with Gasteiger partial charge in [-0.2, -0.15) is 0 Å². The molecule has 0 aromatic carbocycles. The number of fused-ring (bicyclic) bond motifs is 1. The zero-order valence-electron chi connectivity index (χ0n) is 25.3. The number of Topliss-reactive ketones (excluding diaryl/α,β-unsaturated/α-hetero) is 1. The van der Waals surface area contributed by atoms with E-state index in [4.69, 9.17) is 0 Å². The smallest absolute Gasteiger partial charge is 0.315 e. The van der Waals surface area contributed by atoms with Crippen molar-refractivity contribution in [1.82, 2.24) is 30.5 Å². The second-order valence-electron chi connectivity index (χ2n) is 12.6. The number of piperidine rings is 1. The number of hydrogen-bond acceptors (Lipinski definition) is 8. The summed E-state index contributed by atoms with van der Waals surface area (Å²) in [4.78, 5) is 66.0. The van der Waals surface area contributed by atoms with Gasteiger partial charge in [0.25, 0.3) is 5.91 Å². The van der Waals surface area contributed by atoms with E-state index in [-0.39, 0.29) is 43.1 Å². The van der Waals surface area contributed by atoms with Crippen LogP contribution in [0, 0.1) is 17.3 Å².